The highest BCUT2D eigenvalue weighted by Crippen LogP contribution is 2.23. The first-order valence-electron chi connectivity index (χ1n) is 5.45. The van der Waals surface area contributed by atoms with Crippen molar-refractivity contribution in [3.63, 3.8) is 0 Å². The van der Waals surface area contributed by atoms with Crippen LogP contribution in [-0.2, 0) is 0 Å². The molecule has 0 bridgehead atoms. The van der Waals surface area contributed by atoms with Gasteiger partial charge in [-0.2, -0.15) is 11.3 Å². The number of rotatable bonds is 5. The van der Waals surface area contributed by atoms with Gasteiger partial charge in [-0.3, -0.25) is 0 Å². The van der Waals surface area contributed by atoms with Crippen molar-refractivity contribution in [2.45, 2.75) is 39.7 Å². The van der Waals surface area contributed by atoms with Crippen LogP contribution in [0.4, 0.5) is 0 Å². The van der Waals surface area contributed by atoms with Crippen LogP contribution in [-0.4, -0.2) is 6.54 Å². The Balaban J connectivity index is 2.70. The normalized spacial score (nSPS) is 11.9. The zero-order valence-electron chi connectivity index (χ0n) is 9.76. The van der Waals surface area contributed by atoms with Gasteiger partial charge in [0.2, 0.25) is 0 Å². The van der Waals surface area contributed by atoms with Crippen LogP contribution in [0.3, 0.4) is 0 Å². The largest absolute Gasteiger partial charge is 0.309 e. The van der Waals surface area contributed by atoms with Gasteiger partial charge >= 0.3 is 0 Å². The highest BCUT2D eigenvalue weighted by molar-refractivity contribution is 7.08. The fourth-order valence-corrected chi connectivity index (χ4v) is 2.45. The van der Waals surface area contributed by atoms with Gasteiger partial charge in [0.1, 0.15) is 0 Å². The molecule has 1 aromatic heterocycles. The van der Waals surface area contributed by atoms with E-state index in [1.54, 1.807) is 11.3 Å². The predicted molar refractivity (Wildman–Crippen MR) is 68.2 cm³/mol. The number of aryl methyl sites for hydroxylation is 1. The Morgan fingerprint density at radius 1 is 1.47 bits per heavy atom. The van der Waals surface area contributed by atoms with Crippen LogP contribution in [0.5, 0.6) is 0 Å². The lowest BCUT2D eigenvalue weighted by molar-refractivity contribution is 0.542. The first-order chi connectivity index (χ1) is 7.29. The van der Waals surface area contributed by atoms with Crippen molar-refractivity contribution in [1.82, 2.24) is 5.32 Å². The van der Waals surface area contributed by atoms with E-state index >= 15 is 0 Å². The van der Waals surface area contributed by atoms with E-state index in [9.17, 15) is 0 Å². The molecule has 0 aliphatic carbocycles. The van der Waals surface area contributed by atoms with E-state index in [1.807, 2.05) is 6.92 Å². The second kappa shape index (κ2) is 6.66. The van der Waals surface area contributed by atoms with Gasteiger partial charge < -0.3 is 5.32 Å². The average Bonchev–Trinajstić information content (AvgIpc) is 2.65. The van der Waals surface area contributed by atoms with Crippen molar-refractivity contribution in [3.05, 3.63) is 21.9 Å². The molecule has 0 radical (unpaired) electrons. The molecule has 82 valence electrons. The van der Waals surface area contributed by atoms with E-state index < -0.39 is 0 Å². The second-order valence-corrected chi connectivity index (χ2v) is 4.39. The van der Waals surface area contributed by atoms with Crippen LogP contribution < -0.4 is 5.32 Å². The van der Waals surface area contributed by atoms with Crippen LogP contribution >= 0.6 is 11.3 Å². The molecule has 1 heterocycles. The van der Waals surface area contributed by atoms with Gasteiger partial charge in [-0.1, -0.05) is 6.92 Å². The van der Waals surface area contributed by atoms with E-state index in [1.165, 1.54) is 17.5 Å². The minimum atomic E-state index is 0.406. The molecule has 0 aliphatic heterocycles. The van der Waals surface area contributed by atoms with Gasteiger partial charge in [0.25, 0.3) is 0 Å². The predicted octanol–water partition coefficient (Wildman–Crippen LogP) is 3.51. The summed E-state index contributed by atoms with van der Waals surface area (Å²) in [6, 6.07) is 0.406. The van der Waals surface area contributed by atoms with E-state index in [0.29, 0.717) is 6.04 Å². The van der Waals surface area contributed by atoms with Crippen LogP contribution in [0.15, 0.2) is 10.8 Å². The summed E-state index contributed by atoms with van der Waals surface area (Å²) in [5.74, 6) is 6.13. The zero-order valence-corrected chi connectivity index (χ0v) is 10.6. The summed E-state index contributed by atoms with van der Waals surface area (Å²) in [5, 5.41) is 7.99. The average molecular weight is 221 g/mol. The molecule has 1 N–H and O–H groups in total. The number of thiophene rings is 1. The molecule has 1 rings (SSSR count). The van der Waals surface area contributed by atoms with E-state index in [4.69, 9.17) is 0 Å². The first kappa shape index (κ1) is 12.3. The van der Waals surface area contributed by atoms with Crippen molar-refractivity contribution < 1.29 is 0 Å². The Kier molecular flexibility index (Phi) is 5.45. The number of hydrogen-bond donors (Lipinski definition) is 1. The molecule has 0 amide bonds. The summed E-state index contributed by atoms with van der Waals surface area (Å²) < 4.78 is 0. The third-order valence-corrected chi connectivity index (χ3v) is 3.27. The molecule has 0 fully saturated rings. The van der Waals surface area contributed by atoms with E-state index in [-0.39, 0.29) is 0 Å². The first-order valence-corrected chi connectivity index (χ1v) is 6.39. The molecule has 0 saturated heterocycles. The standard InChI is InChI=1S/C13H19NS/c1-4-6-7-13(14-8-5-2)12-10-15-9-11(12)3/h9-10,13-14H,5,7-8H2,1-3H3. The maximum absolute atomic E-state index is 3.55. The second-order valence-electron chi connectivity index (χ2n) is 3.65. The summed E-state index contributed by atoms with van der Waals surface area (Å²) in [7, 11) is 0. The fourth-order valence-electron chi connectivity index (χ4n) is 1.54. The number of hydrogen-bond acceptors (Lipinski definition) is 2. The van der Waals surface area contributed by atoms with Crippen molar-refractivity contribution in [3.8, 4) is 11.8 Å². The minimum absolute atomic E-state index is 0.406. The molecule has 0 spiro atoms. The van der Waals surface area contributed by atoms with Crippen molar-refractivity contribution >= 4 is 11.3 Å². The Hall–Kier alpha value is -0.780. The van der Waals surface area contributed by atoms with Crippen molar-refractivity contribution in [1.29, 1.82) is 0 Å². The Bertz CT molecular complexity index is 343. The van der Waals surface area contributed by atoms with Crippen LogP contribution in [0.2, 0.25) is 0 Å². The molecule has 1 unspecified atom stereocenters. The molecule has 2 heteroatoms. The zero-order chi connectivity index (χ0) is 11.1. The van der Waals surface area contributed by atoms with E-state index in [0.717, 1.165) is 13.0 Å². The van der Waals surface area contributed by atoms with Crippen LogP contribution in [0.25, 0.3) is 0 Å². The molecule has 1 nitrogen and oxygen atoms in total. The van der Waals surface area contributed by atoms with Crippen LogP contribution in [0, 0.1) is 18.8 Å². The van der Waals surface area contributed by atoms with Gasteiger partial charge in [0, 0.05) is 12.5 Å². The monoisotopic (exact) mass is 221 g/mol. The third kappa shape index (κ3) is 3.70. The lowest BCUT2D eigenvalue weighted by atomic mass is 10.0. The molecular formula is C13H19NS. The Labute approximate surface area is 96.9 Å². The molecule has 0 saturated carbocycles. The SMILES string of the molecule is CC#CCC(NCCC)c1cscc1C. The summed E-state index contributed by atoms with van der Waals surface area (Å²) in [4.78, 5) is 0. The number of nitrogens with one attached hydrogen (secondary N) is 1. The van der Waals surface area contributed by atoms with Gasteiger partial charge in [-0.25, -0.2) is 0 Å². The van der Waals surface area contributed by atoms with Crippen LogP contribution in [0.1, 0.15) is 43.9 Å². The quantitative estimate of drug-likeness (QED) is 0.750. The van der Waals surface area contributed by atoms with Gasteiger partial charge in [-0.15, -0.1) is 11.8 Å². The molecule has 15 heavy (non-hydrogen) atoms. The minimum Gasteiger partial charge on any atom is -0.309 e. The summed E-state index contributed by atoms with van der Waals surface area (Å²) in [6.45, 7) is 7.32. The van der Waals surface area contributed by atoms with Crippen molar-refractivity contribution in [2.75, 3.05) is 6.54 Å². The molecule has 0 aromatic carbocycles. The Morgan fingerprint density at radius 3 is 2.80 bits per heavy atom. The highest BCUT2D eigenvalue weighted by atomic mass is 32.1. The lowest BCUT2D eigenvalue weighted by Gasteiger charge is -2.16. The highest BCUT2D eigenvalue weighted by Gasteiger charge is 2.12. The van der Waals surface area contributed by atoms with Gasteiger partial charge in [0.05, 0.1) is 0 Å². The lowest BCUT2D eigenvalue weighted by Crippen LogP contribution is -2.21. The van der Waals surface area contributed by atoms with Crippen molar-refractivity contribution in [2.24, 2.45) is 0 Å². The maximum Gasteiger partial charge on any atom is 0.0441 e. The fraction of sp³-hybridized carbons (Fsp3) is 0.538. The third-order valence-electron chi connectivity index (χ3n) is 2.39. The summed E-state index contributed by atoms with van der Waals surface area (Å²) >= 11 is 1.77. The van der Waals surface area contributed by atoms with Gasteiger partial charge in [-0.05, 0) is 48.7 Å². The smallest absolute Gasteiger partial charge is 0.0441 e. The topological polar surface area (TPSA) is 12.0 Å². The molecular weight excluding hydrogens is 202 g/mol. The molecule has 1 aromatic rings. The molecule has 1 atom stereocenters. The Morgan fingerprint density at radius 2 is 2.27 bits per heavy atom. The van der Waals surface area contributed by atoms with E-state index in [2.05, 4.69) is 41.8 Å². The molecule has 0 aliphatic rings. The van der Waals surface area contributed by atoms with Gasteiger partial charge in [0.15, 0.2) is 0 Å². The summed E-state index contributed by atoms with van der Waals surface area (Å²) in [6.07, 6.45) is 2.08. The maximum atomic E-state index is 3.55. The summed E-state index contributed by atoms with van der Waals surface area (Å²) in [5.41, 5.74) is 2.79.